The fourth-order valence-electron chi connectivity index (χ4n) is 3.06. The summed E-state index contributed by atoms with van der Waals surface area (Å²) in [6, 6.07) is 14.5. The summed E-state index contributed by atoms with van der Waals surface area (Å²) in [5.41, 5.74) is 8.38. The number of hydrogen-bond donors (Lipinski definition) is 2. The van der Waals surface area contributed by atoms with E-state index in [0.29, 0.717) is 24.5 Å². The molecule has 0 amide bonds. The molecule has 1 heterocycles. The molecule has 3 rings (SSSR count). The molecule has 2 aromatic carbocycles. The van der Waals surface area contributed by atoms with Gasteiger partial charge in [-0.25, -0.2) is 8.42 Å². The number of nitrogens with two attached hydrogens (primary N) is 1. The first-order chi connectivity index (χ1) is 12.3. The van der Waals surface area contributed by atoms with Crippen LogP contribution in [0.3, 0.4) is 0 Å². The van der Waals surface area contributed by atoms with Gasteiger partial charge in [-0.3, -0.25) is 0 Å². The summed E-state index contributed by atoms with van der Waals surface area (Å²) in [5, 5.41) is 3.28. The maximum atomic E-state index is 12.8. The highest BCUT2D eigenvalue weighted by atomic mass is 32.2. The Kier molecular flexibility index (Phi) is 5.50. The molecule has 0 aromatic heterocycles. The van der Waals surface area contributed by atoms with Crippen LogP contribution in [-0.4, -0.2) is 38.0 Å². The van der Waals surface area contributed by atoms with Crippen LogP contribution in [0.4, 0.5) is 11.4 Å². The Balaban J connectivity index is 1.67. The molecule has 2 aromatic rings. The number of nitrogens with zero attached hydrogens (tertiary/aromatic N) is 1. The largest absolute Gasteiger partial charge is 0.399 e. The monoisotopic (exact) mass is 375 g/mol. The molecule has 1 saturated heterocycles. The first kappa shape index (κ1) is 18.7. The van der Waals surface area contributed by atoms with Crippen LogP contribution in [0.15, 0.2) is 53.4 Å². The highest BCUT2D eigenvalue weighted by Crippen LogP contribution is 2.22. The zero-order chi connectivity index (χ0) is 18.7. The van der Waals surface area contributed by atoms with Gasteiger partial charge in [-0.2, -0.15) is 4.31 Å². The predicted molar refractivity (Wildman–Crippen MR) is 103 cm³/mol. The average Bonchev–Trinajstić information content (AvgIpc) is 2.61. The van der Waals surface area contributed by atoms with Crippen molar-refractivity contribution in [1.29, 1.82) is 0 Å². The third kappa shape index (κ3) is 4.35. The SMILES string of the molecule is CC1CN(S(=O)(=O)c2ccc(NCc3ccc(N)cc3)cc2)CC(C)O1. The highest BCUT2D eigenvalue weighted by molar-refractivity contribution is 7.89. The second kappa shape index (κ2) is 7.65. The summed E-state index contributed by atoms with van der Waals surface area (Å²) in [5.74, 6) is 0. The van der Waals surface area contributed by atoms with Gasteiger partial charge in [-0.15, -0.1) is 0 Å². The molecule has 0 radical (unpaired) electrons. The summed E-state index contributed by atoms with van der Waals surface area (Å²) < 4.78 is 32.8. The minimum Gasteiger partial charge on any atom is -0.399 e. The Bertz CT molecular complexity index is 825. The number of anilines is 2. The van der Waals surface area contributed by atoms with E-state index in [1.807, 2.05) is 38.1 Å². The van der Waals surface area contributed by atoms with Gasteiger partial charge in [0.25, 0.3) is 0 Å². The van der Waals surface area contributed by atoms with E-state index in [-0.39, 0.29) is 12.2 Å². The molecule has 7 heteroatoms. The van der Waals surface area contributed by atoms with Gasteiger partial charge in [0.15, 0.2) is 0 Å². The number of rotatable bonds is 5. The lowest BCUT2D eigenvalue weighted by atomic mass is 10.2. The van der Waals surface area contributed by atoms with E-state index in [1.165, 1.54) is 4.31 Å². The Morgan fingerprint density at radius 1 is 1.04 bits per heavy atom. The Labute approximate surface area is 155 Å². The standard InChI is InChI=1S/C19H25N3O3S/c1-14-12-22(13-15(2)25-14)26(23,24)19-9-7-18(8-10-19)21-11-16-3-5-17(20)6-4-16/h3-10,14-15,21H,11-13,20H2,1-2H3. The third-order valence-electron chi connectivity index (χ3n) is 4.35. The second-order valence-corrected chi connectivity index (χ2v) is 8.64. The van der Waals surface area contributed by atoms with E-state index in [0.717, 1.165) is 16.9 Å². The first-order valence-electron chi connectivity index (χ1n) is 8.68. The number of benzene rings is 2. The van der Waals surface area contributed by atoms with E-state index < -0.39 is 10.0 Å². The van der Waals surface area contributed by atoms with Gasteiger partial charge in [0.1, 0.15) is 0 Å². The van der Waals surface area contributed by atoms with E-state index in [9.17, 15) is 8.42 Å². The molecular weight excluding hydrogens is 350 g/mol. The van der Waals surface area contributed by atoms with Crippen molar-refractivity contribution in [3.8, 4) is 0 Å². The first-order valence-corrected chi connectivity index (χ1v) is 10.1. The van der Waals surface area contributed by atoms with Crippen LogP contribution in [0.25, 0.3) is 0 Å². The van der Waals surface area contributed by atoms with Crippen LogP contribution < -0.4 is 11.1 Å². The van der Waals surface area contributed by atoms with Crippen LogP contribution in [0, 0.1) is 0 Å². The van der Waals surface area contributed by atoms with E-state index >= 15 is 0 Å². The zero-order valence-corrected chi connectivity index (χ0v) is 15.9. The molecule has 2 unspecified atom stereocenters. The van der Waals surface area contributed by atoms with Crippen LogP contribution in [-0.2, 0) is 21.3 Å². The molecule has 6 nitrogen and oxygen atoms in total. The summed E-state index contributed by atoms with van der Waals surface area (Å²) in [6.45, 7) is 5.18. The number of nitrogen functional groups attached to an aromatic ring is 1. The maximum absolute atomic E-state index is 12.8. The van der Waals surface area contributed by atoms with E-state index in [1.54, 1.807) is 24.3 Å². The number of sulfonamides is 1. The molecule has 3 N–H and O–H groups in total. The van der Waals surface area contributed by atoms with Gasteiger partial charge in [0.2, 0.25) is 10.0 Å². The molecule has 0 bridgehead atoms. The molecule has 1 fully saturated rings. The molecule has 1 aliphatic heterocycles. The van der Waals surface area contributed by atoms with Crippen LogP contribution >= 0.6 is 0 Å². The Morgan fingerprint density at radius 2 is 1.62 bits per heavy atom. The number of nitrogens with one attached hydrogen (secondary N) is 1. The van der Waals surface area contributed by atoms with Crippen molar-refractivity contribution in [1.82, 2.24) is 4.31 Å². The number of hydrogen-bond acceptors (Lipinski definition) is 5. The van der Waals surface area contributed by atoms with Gasteiger partial charge in [-0.05, 0) is 55.8 Å². The summed E-state index contributed by atoms with van der Waals surface area (Å²) >= 11 is 0. The fraction of sp³-hybridized carbons (Fsp3) is 0.368. The van der Waals surface area contributed by atoms with Crippen molar-refractivity contribution in [3.63, 3.8) is 0 Å². The highest BCUT2D eigenvalue weighted by Gasteiger charge is 2.32. The summed E-state index contributed by atoms with van der Waals surface area (Å²) in [6.07, 6.45) is -0.205. The Hall–Kier alpha value is -2.09. The minimum atomic E-state index is -3.50. The lowest BCUT2D eigenvalue weighted by Crippen LogP contribution is -2.48. The van der Waals surface area contributed by atoms with Crippen LogP contribution in [0.1, 0.15) is 19.4 Å². The van der Waals surface area contributed by atoms with Gasteiger partial charge >= 0.3 is 0 Å². The molecule has 1 aliphatic rings. The topological polar surface area (TPSA) is 84.7 Å². The summed E-state index contributed by atoms with van der Waals surface area (Å²) in [4.78, 5) is 0.303. The van der Waals surface area contributed by atoms with Crippen LogP contribution in [0.2, 0.25) is 0 Å². The van der Waals surface area contributed by atoms with Crippen molar-refractivity contribution in [2.75, 3.05) is 24.1 Å². The molecule has 0 spiro atoms. The average molecular weight is 375 g/mol. The quantitative estimate of drug-likeness (QED) is 0.785. The third-order valence-corrected chi connectivity index (χ3v) is 6.20. The van der Waals surface area contributed by atoms with E-state index in [2.05, 4.69) is 5.32 Å². The van der Waals surface area contributed by atoms with Gasteiger partial charge in [-0.1, -0.05) is 12.1 Å². The minimum absolute atomic E-state index is 0.102. The summed E-state index contributed by atoms with van der Waals surface area (Å²) in [7, 11) is -3.50. The van der Waals surface area contributed by atoms with E-state index in [4.69, 9.17) is 10.5 Å². The predicted octanol–water partition coefficient (Wildman–Crippen LogP) is 2.68. The van der Waals surface area contributed by atoms with Gasteiger partial charge < -0.3 is 15.8 Å². The molecule has 0 saturated carbocycles. The maximum Gasteiger partial charge on any atom is 0.243 e. The zero-order valence-electron chi connectivity index (χ0n) is 15.1. The van der Waals surface area contributed by atoms with Crippen molar-refractivity contribution < 1.29 is 13.2 Å². The van der Waals surface area contributed by atoms with Crippen molar-refractivity contribution >= 4 is 21.4 Å². The molecule has 140 valence electrons. The molecule has 0 aliphatic carbocycles. The number of morpholine rings is 1. The van der Waals surface area contributed by atoms with Crippen molar-refractivity contribution in [2.45, 2.75) is 37.5 Å². The van der Waals surface area contributed by atoms with Gasteiger partial charge in [0, 0.05) is 31.0 Å². The normalized spacial score (nSPS) is 21.5. The lowest BCUT2D eigenvalue weighted by Gasteiger charge is -2.34. The Morgan fingerprint density at radius 3 is 2.19 bits per heavy atom. The smallest absolute Gasteiger partial charge is 0.243 e. The fourth-order valence-corrected chi connectivity index (χ4v) is 4.65. The molecule has 26 heavy (non-hydrogen) atoms. The van der Waals surface area contributed by atoms with Gasteiger partial charge in [0.05, 0.1) is 17.1 Å². The molecule has 2 atom stereocenters. The van der Waals surface area contributed by atoms with Crippen LogP contribution in [0.5, 0.6) is 0 Å². The van der Waals surface area contributed by atoms with Crippen molar-refractivity contribution in [3.05, 3.63) is 54.1 Å². The lowest BCUT2D eigenvalue weighted by molar-refractivity contribution is -0.0440. The number of ether oxygens (including phenoxy) is 1. The molecular formula is C19H25N3O3S. The van der Waals surface area contributed by atoms with Crippen molar-refractivity contribution in [2.24, 2.45) is 0 Å². The second-order valence-electron chi connectivity index (χ2n) is 6.70.